The second kappa shape index (κ2) is 4.65. The van der Waals surface area contributed by atoms with Crippen LogP contribution in [-0.2, 0) is 4.79 Å². The lowest BCUT2D eigenvalue weighted by atomic mass is 9.91. The second-order valence-electron chi connectivity index (χ2n) is 4.42. The molecule has 5 nitrogen and oxygen atoms in total. The van der Waals surface area contributed by atoms with Crippen LogP contribution in [-0.4, -0.2) is 40.1 Å². The van der Waals surface area contributed by atoms with Gasteiger partial charge in [0, 0.05) is 19.3 Å². The molecule has 1 aromatic rings. The summed E-state index contributed by atoms with van der Waals surface area (Å²) < 4.78 is 0. The highest BCUT2D eigenvalue weighted by Gasteiger charge is 2.25. The van der Waals surface area contributed by atoms with Gasteiger partial charge in [-0.05, 0) is 31.2 Å². The van der Waals surface area contributed by atoms with Gasteiger partial charge in [-0.3, -0.25) is 9.89 Å². The maximum atomic E-state index is 11.7. The summed E-state index contributed by atoms with van der Waals surface area (Å²) in [5.74, 6) is 0.585. The Kier molecular flexibility index (Phi) is 3.24. The van der Waals surface area contributed by atoms with Crippen molar-refractivity contribution >= 4 is 5.91 Å². The van der Waals surface area contributed by atoms with E-state index in [0.29, 0.717) is 5.92 Å². The predicted molar refractivity (Wildman–Crippen MR) is 60.8 cm³/mol. The van der Waals surface area contributed by atoms with Crippen molar-refractivity contribution in [2.24, 2.45) is 5.73 Å². The van der Waals surface area contributed by atoms with Crippen molar-refractivity contribution in [1.82, 2.24) is 15.1 Å². The Morgan fingerprint density at radius 3 is 2.81 bits per heavy atom. The molecule has 0 radical (unpaired) electrons. The number of carbonyl (C=O) groups is 1. The number of H-pyrrole nitrogens is 1. The lowest BCUT2D eigenvalue weighted by Crippen LogP contribution is -2.45. The zero-order chi connectivity index (χ0) is 11.5. The normalized spacial score (nSPS) is 19.8. The standard InChI is InChI=1S/C11H18N4O/c1-8(12)11(16)15-4-2-9(3-5-15)10-6-13-14-7-10/h6-9H,2-5,12H2,1H3,(H,13,14)/t8-/m1/s1. The van der Waals surface area contributed by atoms with Crippen molar-refractivity contribution in [2.45, 2.75) is 31.7 Å². The molecule has 0 aliphatic carbocycles. The summed E-state index contributed by atoms with van der Waals surface area (Å²) in [5, 5.41) is 6.78. The average Bonchev–Trinajstić information content (AvgIpc) is 2.81. The number of aromatic nitrogens is 2. The number of hydrogen-bond acceptors (Lipinski definition) is 3. The summed E-state index contributed by atoms with van der Waals surface area (Å²) in [6.07, 6.45) is 5.80. The Morgan fingerprint density at radius 2 is 2.31 bits per heavy atom. The van der Waals surface area contributed by atoms with Crippen LogP contribution in [0.25, 0.3) is 0 Å². The smallest absolute Gasteiger partial charge is 0.239 e. The fraction of sp³-hybridized carbons (Fsp3) is 0.636. The van der Waals surface area contributed by atoms with Gasteiger partial charge < -0.3 is 10.6 Å². The number of hydrogen-bond donors (Lipinski definition) is 2. The van der Waals surface area contributed by atoms with E-state index in [4.69, 9.17) is 5.73 Å². The molecule has 1 amide bonds. The van der Waals surface area contributed by atoms with Gasteiger partial charge in [0.25, 0.3) is 0 Å². The summed E-state index contributed by atoms with van der Waals surface area (Å²) in [4.78, 5) is 13.5. The van der Waals surface area contributed by atoms with Crippen LogP contribution in [0.4, 0.5) is 0 Å². The van der Waals surface area contributed by atoms with Crippen molar-refractivity contribution in [3.8, 4) is 0 Å². The molecule has 1 aliphatic heterocycles. The highest BCUT2D eigenvalue weighted by molar-refractivity contribution is 5.81. The van der Waals surface area contributed by atoms with Gasteiger partial charge in [-0.25, -0.2) is 0 Å². The molecule has 0 aromatic carbocycles. The molecule has 16 heavy (non-hydrogen) atoms. The molecular formula is C11H18N4O. The van der Waals surface area contributed by atoms with Gasteiger partial charge in [0.15, 0.2) is 0 Å². The first kappa shape index (κ1) is 11.1. The summed E-state index contributed by atoms with van der Waals surface area (Å²) in [5.41, 5.74) is 6.83. The van der Waals surface area contributed by atoms with E-state index >= 15 is 0 Å². The highest BCUT2D eigenvalue weighted by Crippen LogP contribution is 2.27. The van der Waals surface area contributed by atoms with Gasteiger partial charge in [0.2, 0.25) is 5.91 Å². The van der Waals surface area contributed by atoms with Crippen molar-refractivity contribution in [3.05, 3.63) is 18.0 Å². The van der Waals surface area contributed by atoms with Crippen LogP contribution in [0.3, 0.4) is 0 Å². The fourth-order valence-electron chi connectivity index (χ4n) is 2.21. The minimum absolute atomic E-state index is 0.0608. The zero-order valence-electron chi connectivity index (χ0n) is 9.52. The number of nitrogens with two attached hydrogens (primary N) is 1. The topological polar surface area (TPSA) is 75.0 Å². The lowest BCUT2D eigenvalue weighted by Gasteiger charge is -2.32. The Labute approximate surface area is 95.0 Å². The molecule has 2 heterocycles. The first-order chi connectivity index (χ1) is 7.68. The van der Waals surface area contributed by atoms with Crippen LogP contribution in [0.1, 0.15) is 31.2 Å². The molecule has 0 bridgehead atoms. The minimum atomic E-state index is -0.384. The second-order valence-corrected chi connectivity index (χ2v) is 4.42. The number of piperidine rings is 1. The van der Waals surface area contributed by atoms with Gasteiger partial charge in [0.1, 0.15) is 0 Å². The fourth-order valence-corrected chi connectivity index (χ4v) is 2.21. The van der Waals surface area contributed by atoms with E-state index in [1.54, 1.807) is 6.92 Å². The van der Waals surface area contributed by atoms with Crippen molar-refractivity contribution in [2.75, 3.05) is 13.1 Å². The summed E-state index contributed by atoms with van der Waals surface area (Å²) >= 11 is 0. The number of amides is 1. The Morgan fingerprint density at radius 1 is 1.62 bits per heavy atom. The van der Waals surface area contributed by atoms with Crippen LogP contribution in [0.15, 0.2) is 12.4 Å². The molecule has 1 saturated heterocycles. The third-order valence-corrected chi connectivity index (χ3v) is 3.19. The van der Waals surface area contributed by atoms with Crippen molar-refractivity contribution < 1.29 is 4.79 Å². The summed E-state index contributed by atoms with van der Waals surface area (Å²) in [6.45, 7) is 3.34. The number of carbonyl (C=O) groups excluding carboxylic acids is 1. The van der Waals surface area contributed by atoms with Crippen LogP contribution in [0, 0.1) is 0 Å². The summed E-state index contributed by atoms with van der Waals surface area (Å²) in [7, 11) is 0. The van der Waals surface area contributed by atoms with Crippen LogP contribution < -0.4 is 5.73 Å². The Balaban J connectivity index is 1.90. The van der Waals surface area contributed by atoms with Gasteiger partial charge in [-0.1, -0.05) is 0 Å². The number of rotatable bonds is 2. The summed E-state index contributed by atoms with van der Waals surface area (Å²) in [6, 6.07) is -0.384. The number of nitrogens with zero attached hydrogens (tertiary/aromatic N) is 2. The lowest BCUT2D eigenvalue weighted by molar-refractivity contribution is -0.133. The molecule has 5 heteroatoms. The van der Waals surface area contributed by atoms with Crippen LogP contribution in [0.2, 0.25) is 0 Å². The molecule has 1 aromatic heterocycles. The number of aromatic amines is 1. The molecule has 0 spiro atoms. The van der Waals surface area contributed by atoms with E-state index < -0.39 is 0 Å². The number of nitrogens with one attached hydrogen (secondary N) is 1. The van der Waals surface area contributed by atoms with Crippen LogP contribution in [0.5, 0.6) is 0 Å². The van der Waals surface area contributed by atoms with Gasteiger partial charge in [-0.15, -0.1) is 0 Å². The molecule has 1 fully saturated rings. The molecular weight excluding hydrogens is 204 g/mol. The first-order valence-corrected chi connectivity index (χ1v) is 5.71. The average molecular weight is 222 g/mol. The Bertz CT molecular complexity index is 339. The SMILES string of the molecule is C[C@@H](N)C(=O)N1CCC(c2cn[nH]c2)CC1. The van der Waals surface area contributed by atoms with E-state index in [9.17, 15) is 4.79 Å². The van der Waals surface area contributed by atoms with E-state index in [-0.39, 0.29) is 11.9 Å². The van der Waals surface area contributed by atoms with Gasteiger partial charge >= 0.3 is 0 Å². The maximum absolute atomic E-state index is 11.7. The highest BCUT2D eigenvalue weighted by atomic mass is 16.2. The van der Waals surface area contributed by atoms with Crippen molar-refractivity contribution in [3.63, 3.8) is 0 Å². The van der Waals surface area contributed by atoms with Crippen LogP contribution >= 0.6 is 0 Å². The van der Waals surface area contributed by atoms with Crippen molar-refractivity contribution in [1.29, 1.82) is 0 Å². The van der Waals surface area contributed by atoms with E-state index in [1.165, 1.54) is 5.56 Å². The third-order valence-electron chi connectivity index (χ3n) is 3.19. The third kappa shape index (κ3) is 2.24. The quantitative estimate of drug-likeness (QED) is 0.763. The van der Waals surface area contributed by atoms with Gasteiger partial charge in [-0.2, -0.15) is 5.10 Å². The predicted octanol–water partition coefficient (Wildman–Crippen LogP) is 0.463. The van der Waals surface area contributed by atoms with E-state index in [0.717, 1.165) is 25.9 Å². The molecule has 3 N–H and O–H groups in total. The molecule has 0 saturated carbocycles. The molecule has 88 valence electrons. The first-order valence-electron chi connectivity index (χ1n) is 5.71. The minimum Gasteiger partial charge on any atom is -0.341 e. The zero-order valence-corrected chi connectivity index (χ0v) is 9.52. The number of likely N-dealkylation sites (tertiary alicyclic amines) is 1. The molecule has 2 rings (SSSR count). The molecule has 1 aliphatic rings. The van der Waals surface area contributed by atoms with E-state index in [2.05, 4.69) is 10.2 Å². The molecule has 1 atom stereocenters. The molecule has 0 unspecified atom stereocenters. The van der Waals surface area contributed by atoms with E-state index in [1.807, 2.05) is 17.3 Å². The Hall–Kier alpha value is -1.36. The van der Waals surface area contributed by atoms with Gasteiger partial charge in [0.05, 0.1) is 12.2 Å². The monoisotopic (exact) mass is 222 g/mol. The largest absolute Gasteiger partial charge is 0.341 e. The maximum Gasteiger partial charge on any atom is 0.239 e.